The number of nitriles is 1. The number of anilines is 1. The van der Waals surface area contributed by atoms with E-state index < -0.39 is 0 Å². The van der Waals surface area contributed by atoms with Crippen LogP contribution in [0.15, 0.2) is 24.3 Å². The molecule has 18 heavy (non-hydrogen) atoms. The summed E-state index contributed by atoms with van der Waals surface area (Å²) < 4.78 is 0. The predicted molar refractivity (Wildman–Crippen MR) is 71.5 cm³/mol. The van der Waals surface area contributed by atoms with E-state index in [9.17, 15) is 5.11 Å². The van der Waals surface area contributed by atoms with E-state index in [2.05, 4.69) is 29.8 Å². The number of benzene rings is 1. The molecular formula is C14H19N3O. The Bertz CT molecular complexity index is 437. The molecule has 0 radical (unpaired) electrons. The summed E-state index contributed by atoms with van der Waals surface area (Å²) in [5, 5.41) is 18.2. The molecule has 2 rings (SSSR count). The van der Waals surface area contributed by atoms with E-state index in [0.717, 1.165) is 18.8 Å². The van der Waals surface area contributed by atoms with Crippen LogP contribution < -0.4 is 4.90 Å². The van der Waals surface area contributed by atoms with Gasteiger partial charge in [0.25, 0.3) is 0 Å². The van der Waals surface area contributed by atoms with Crippen LogP contribution >= 0.6 is 0 Å². The predicted octanol–water partition coefficient (Wildman–Crippen LogP) is 1.06. The Morgan fingerprint density at radius 2 is 2.00 bits per heavy atom. The first-order valence-electron chi connectivity index (χ1n) is 6.23. The number of piperazine rings is 1. The zero-order valence-corrected chi connectivity index (χ0v) is 10.9. The van der Waals surface area contributed by atoms with Crippen molar-refractivity contribution in [2.45, 2.75) is 19.0 Å². The lowest BCUT2D eigenvalue weighted by molar-refractivity contribution is 0.0996. The summed E-state index contributed by atoms with van der Waals surface area (Å²) in [5.41, 5.74) is 1.80. The molecule has 0 bridgehead atoms. The van der Waals surface area contributed by atoms with Crippen LogP contribution in [0, 0.1) is 11.3 Å². The maximum atomic E-state index is 9.41. The van der Waals surface area contributed by atoms with Gasteiger partial charge in [0.05, 0.1) is 24.3 Å². The lowest BCUT2D eigenvalue weighted by Gasteiger charge is -2.44. The molecule has 1 aliphatic rings. The van der Waals surface area contributed by atoms with Crippen LogP contribution in [-0.4, -0.2) is 48.8 Å². The van der Waals surface area contributed by atoms with Crippen LogP contribution in [0.2, 0.25) is 0 Å². The van der Waals surface area contributed by atoms with E-state index in [-0.39, 0.29) is 12.6 Å². The fourth-order valence-electron chi connectivity index (χ4n) is 2.41. The van der Waals surface area contributed by atoms with Gasteiger partial charge < -0.3 is 10.0 Å². The summed E-state index contributed by atoms with van der Waals surface area (Å²) in [6.45, 7) is 4.11. The van der Waals surface area contributed by atoms with Gasteiger partial charge in [-0.2, -0.15) is 5.26 Å². The second-order valence-electron chi connectivity index (χ2n) is 4.91. The number of hydrogen-bond acceptors (Lipinski definition) is 4. The van der Waals surface area contributed by atoms with Crippen molar-refractivity contribution < 1.29 is 5.11 Å². The molecule has 4 nitrogen and oxygen atoms in total. The quantitative estimate of drug-likeness (QED) is 0.846. The fourth-order valence-corrected chi connectivity index (χ4v) is 2.41. The summed E-state index contributed by atoms with van der Waals surface area (Å²) in [6.07, 6.45) is 0. The van der Waals surface area contributed by atoms with Gasteiger partial charge in [0.1, 0.15) is 0 Å². The van der Waals surface area contributed by atoms with Crippen LogP contribution in [0.1, 0.15) is 12.5 Å². The third-order valence-corrected chi connectivity index (χ3v) is 3.76. The van der Waals surface area contributed by atoms with Crippen LogP contribution in [0.3, 0.4) is 0 Å². The first-order valence-corrected chi connectivity index (χ1v) is 6.23. The minimum atomic E-state index is 0.171. The molecule has 1 aromatic rings. The van der Waals surface area contributed by atoms with Crippen molar-refractivity contribution in [3.63, 3.8) is 0 Å². The van der Waals surface area contributed by atoms with Crippen molar-refractivity contribution in [2.24, 2.45) is 0 Å². The Balaban J connectivity index is 2.15. The standard InChI is InChI=1S/C14H19N3O/c1-11-8-17(9-14(10-18)16(11)2)13-5-3-12(7-15)4-6-13/h3-6,11,14,18H,8-10H2,1-2H3. The van der Waals surface area contributed by atoms with Crippen molar-refractivity contribution in [3.05, 3.63) is 29.8 Å². The molecule has 0 amide bonds. The van der Waals surface area contributed by atoms with E-state index in [1.54, 1.807) is 0 Å². The number of rotatable bonds is 2. The molecule has 0 spiro atoms. The number of likely N-dealkylation sites (N-methyl/N-ethyl adjacent to an activating group) is 1. The third-order valence-electron chi connectivity index (χ3n) is 3.76. The Labute approximate surface area is 108 Å². The molecule has 1 heterocycles. The zero-order valence-electron chi connectivity index (χ0n) is 10.9. The van der Waals surface area contributed by atoms with Crippen LogP contribution in [0.5, 0.6) is 0 Å². The summed E-state index contributed by atoms with van der Waals surface area (Å²) in [5.74, 6) is 0. The third kappa shape index (κ3) is 2.47. The molecule has 96 valence electrons. The SMILES string of the molecule is CC1CN(c2ccc(C#N)cc2)CC(CO)N1C. The number of hydrogen-bond donors (Lipinski definition) is 1. The lowest BCUT2D eigenvalue weighted by Crippen LogP contribution is -2.57. The van der Waals surface area contributed by atoms with Crippen LogP contribution in [0.25, 0.3) is 0 Å². The molecule has 2 atom stereocenters. The molecule has 0 aliphatic carbocycles. The summed E-state index contributed by atoms with van der Waals surface area (Å²) >= 11 is 0. The van der Waals surface area contributed by atoms with Crippen LogP contribution in [-0.2, 0) is 0 Å². The van der Waals surface area contributed by atoms with Gasteiger partial charge in [-0.1, -0.05) is 0 Å². The Kier molecular flexibility index (Phi) is 3.85. The number of aliphatic hydroxyl groups is 1. The first-order chi connectivity index (χ1) is 8.65. The molecule has 0 saturated carbocycles. The van der Waals surface area contributed by atoms with Crippen molar-refractivity contribution >= 4 is 5.69 Å². The lowest BCUT2D eigenvalue weighted by atomic mass is 10.1. The van der Waals surface area contributed by atoms with Gasteiger partial charge in [0, 0.05) is 24.8 Å². The van der Waals surface area contributed by atoms with Crippen LogP contribution in [0.4, 0.5) is 5.69 Å². The van der Waals surface area contributed by atoms with E-state index in [4.69, 9.17) is 5.26 Å². The summed E-state index contributed by atoms with van der Waals surface area (Å²) in [4.78, 5) is 4.49. The van der Waals surface area contributed by atoms with Gasteiger partial charge in [-0.15, -0.1) is 0 Å². The van der Waals surface area contributed by atoms with Gasteiger partial charge in [-0.25, -0.2) is 0 Å². The molecule has 1 fully saturated rings. The van der Waals surface area contributed by atoms with Crippen molar-refractivity contribution in [1.82, 2.24) is 4.90 Å². The highest BCUT2D eigenvalue weighted by Crippen LogP contribution is 2.21. The van der Waals surface area contributed by atoms with Crippen molar-refractivity contribution in [1.29, 1.82) is 5.26 Å². The molecule has 4 heteroatoms. The fraction of sp³-hybridized carbons (Fsp3) is 0.500. The summed E-state index contributed by atoms with van der Waals surface area (Å²) in [6, 6.07) is 10.3. The van der Waals surface area contributed by atoms with Gasteiger partial charge in [0.2, 0.25) is 0 Å². The van der Waals surface area contributed by atoms with E-state index >= 15 is 0 Å². The molecule has 2 unspecified atom stereocenters. The van der Waals surface area contributed by atoms with Crippen molar-refractivity contribution in [2.75, 3.05) is 31.6 Å². The molecule has 0 aromatic heterocycles. The highest BCUT2D eigenvalue weighted by atomic mass is 16.3. The second-order valence-corrected chi connectivity index (χ2v) is 4.91. The van der Waals surface area contributed by atoms with Gasteiger partial charge >= 0.3 is 0 Å². The molecule has 1 N–H and O–H groups in total. The van der Waals surface area contributed by atoms with E-state index in [0.29, 0.717) is 11.6 Å². The van der Waals surface area contributed by atoms with Crippen molar-refractivity contribution in [3.8, 4) is 6.07 Å². The average molecular weight is 245 g/mol. The highest BCUT2D eigenvalue weighted by molar-refractivity contribution is 5.50. The Hall–Kier alpha value is -1.57. The topological polar surface area (TPSA) is 50.5 Å². The second kappa shape index (κ2) is 5.38. The largest absolute Gasteiger partial charge is 0.395 e. The summed E-state index contributed by atoms with van der Waals surface area (Å²) in [7, 11) is 2.06. The molecular weight excluding hydrogens is 226 g/mol. The maximum Gasteiger partial charge on any atom is 0.0991 e. The molecule has 1 aromatic carbocycles. The first kappa shape index (κ1) is 12.9. The molecule has 1 saturated heterocycles. The molecule has 1 aliphatic heterocycles. The minimum absolute atomic E-state index is 0.171. The monoisotopic (exact) mass is 245 g/mol. The smallest absolute Gasteiger partial charge is 0.0991 e. The Morgan fingerprint density at radius 3 is 2.56 bits per heavy atom. The minimum Gasteiger partial charge on any atom is -0.395 e. The highest BCUT2D eigenvalue weighted by Gasteiger charge is 2.28. The normalized spacial score (nSPS) is 24.9. The average Bonchev–Trinajstić information content (AvgIpc) is 2.42. The zero-order chi connectivity index (χ0) is 13.1. The van der Waals surface area contributed by atoms with Gasteiger partial charge in [-0.05, 0) is 38.2 Å². The van der Waals surface area contributed by atoms with Gasteiger partial charge in [0.15, 0.2) is 0 Å². The maximum absolute atomic E-state index is 9.41. The number of aliphatic hydroxyl groups excluding tert-OH is 1. The van der Waals surface area contributed by atoms with Gasteiger partial charge in [-0.3, -0.25) is 4.90 Å². The Morgan fingerprint density at radius 1 is 1.33 bits per heavy atom. The number of nitrogens with zero attached hydrogens (tertiary/aromatic N) is 3. The van der Waals surface area contributed by atoms with E-state index in [1.807, 2.05) is 24.3 Å². The van der Waals surface area contributed by atoms with E-state index in [1.165, 1.54) is 0 Å².